The van der Waals surface area contributed by atoms with E-state index in [1.54, 1.807) is 0 Å². The molecule has 0 saturated heterocycles. The molecule has 22 heteroatoms. The minimum atomic E-state index is 0.663. The highest BCUT2D eigenvalue weighted by atomic mass is 16.3. The molecule has 0 bridgehead atoms. The van der Waals surface area contributed by atoms with Crippen molar-refractivity contribution in [3.8, 4) is 45.3 Å². The first-order valence-corrected chi connectivity index (χ1v) is 21.2. The summed E-state index contributed by atoms with van der Waals surface area (Å²) in [6.45, 7) is 0. The Morgan fingerprint density at radius 3 is 1.12 bits per heavy atom. The highest BCUT2D eigenvalue weighted by Crippen LogP contribution is 2.27. The molecule has 2 aromatic heterocycles. The molecule has 264 valence electrons. The van der Waals surface area contributed by atoms with Crippen LogP contribution in [0.25, 0.3) is 78.0 Å². The van der Waals surface area contributed by atoms with Crippen molar-refractivity contribution in [1.29, 1.82) is 0 Å². The number of aromatic nitrogens is 3. The summed E-state index contributed by atoms with van der Waals surface area (Å²) in [5.74, 6) is 2.03. The van der Waals surface area contributed by atoms with Crippen LogP contribution >= 0.6 is 0 Å². The standard InChI is InChI=1S/C37H41B18N3O/c38-15-7(16(39)17(40)10-8(15)20(43)28(51)29(52)21(10)44)9-18(41)24(47)13(25(48)19(9)42)36-56-35(6-4-2-1-3-5-6)57-37(58-36)14-26(49)22(45)11-12-23(46)30(53)31(54)32(55)34(12)59-33(11)27(14)50/h1-5H,38-55H2. The van der Waals surface area contributed by atoms with Gasteiger partial charge in [-0.2, -0.15) is 0 Å². The fourth-order valence-corrected chi connectivity index (χ4v) is 10.4. The quantitative estimate of drug-likeness (QED) is 0.169. The monoisotopic (exact) mass is 741 g/mol. The predicted octanol–water partition coefficient (Wildman–Crippen LogP) is -21.8. The van der Waals surface area contributed by atoms with Gasteiger partial charge in [0.25, 0.3) is 0 Å². The molecule has 0 amide bonds. The van der Waals surface area contributed by atoms with Gasteiger partial charge in [-0.3, -0.25) is 0 Å². The summed E-state index contributed by atoms with van der Waals surface area (Å²) in [4.78, 5) is 16.1. The molecular formula is C37H41B18N3O. The lowest BCUT2D eigenvalue weighted by Crippen LogP contribution is -2.53. The lowest BCUT2D eigenvalue weighted by atomic mass is 9.56. The Hall–Kier alpha value is -4.44. The second-order valence-electron chi connectivity index (χ2n) is 17.7. The van der Waals surface area contributed by atoms with Crippen molar-refractivity contribution in [1.82, 2.24) is 15.0 Å². The Labute approximate surface area is 365 Å². The van der Waals surface area contributed by atoms with E-state index in [4.69, 9.17) is 19.4 Å². The van der Waals surface area contributed by atoms with Gasteiger partial charge in [-0.15, -0.1) is 16.4 Å². The number of hydrogen-bond donors (Lipinski definition) is 0. The summed E-state index contributed by atoms with van der Waals surface area (Å²) in [6.07, 6.45) is 0. The maximum Gasteiger partial charge on any atom is 0.164 e. The number of furan rings is 1. The molecule has 0 spiro atoms. The molecule has 0 fully saturated rings. The molecular weight excluding hydrogens is 697 g/mol. The van der Waals surface area contributed by atoms with Crippen LogP contribution in [0.2, 0.25) is 0 Å². The molecule has 0 saturated carbocycles. The van der Waals surface area contributed by atoms with Gasteiger partial charge in [0.2, 0.25) is 0 Å². The fraction of sp³-hybridized carbons (Fsp3) is 0. The molecule has 0 aliphatic carbocycles. The molecule has 6 aromatic carbocycles. The van der Waals surface area contributed by atoms with Crippen molar-refractivity contribution in [2.24, 2.45) is 0 Å². The van der Waals surface area contributed by atoms with Crippen molar-refractivity contribution in [2.75, 3.05) is 0 Å². The van der Waals surface area contributed by atoms with Crippen LogP contribution in [-0.4, -0.2) is 156 Å². The summed E-state index contributed by atoms with van der Waals surface area (Å²) in [6, 6.07) is 10.3. The number of nitrogens with zero attached hydrogens (tertiary/aromatic N) is 3. The van der Waals surface area contributed by atoms with Gasteiger partial charge < -0.3 is 4.42 Å². The molecule has 8 rings (SSSR count). The van der Waals surface area contributed by atoms with Crippen molar-refractivity contribution < 1.29 is 4.42 Å². The summed E-state index contributed by atoms with van der Waals surface area (Å²) in [5.41, 5.74) is 30.7. The van der Waals surface area contributed by atoms with Gasteiger partial charge in [-0.05, 0) is 27.4 Å². The van der Waals surface area contributed by atoms with Crippen molar-refractivity contribution in [3.05, 3.63) is 30.3 Å². The van der Waals surface area contributed by atoms with Crippen LogP contribution < -0.4 is 98.3 Å². The van der Waals surface area contributed by atoms with Gasteiger partial charge in [0.15, 0.2) is 17.5 Å². The molecule has 0 N–H and O–H groups in total. The van der Waals surface area contributed by atoms with Crippen LogP contribution in [0.3, 0.4) is 0 Å². The van der Waals surface area contributed by atoms with Crippen LogP contribution in [0.5, 0.6) is 0 Å². The average Bonchev–Trinajstić information content (AvgIpc) is 3.63. The highest BCUT2D eigenvalue weighted by Gasteiger charge is 2.27. The third-order valence-corrected chi connectivity index (χ3v) is 15.1. The number of hydrogen-bond acceptors (Lipinski definition) is 4. The van der Waals surface area contributed by atoms with Crippen LogP contribution in [0, 0.1) is 0 Å². The lowest BCUT2D eigenvalue weighted by molar-refractivity contribution is 0.675. The summed E-state index contributed by atoms with van der Waals surface area (Å²) >= 11 is 0. The number of benzene rings is 6. The van der Waals surface area contributed by atoms with Gasteiger partial charge in [0, 0.05) is 27.5 Å². The molecule has 59 heavy (non-hydrogen) atoms. The zero-order valence-corrected chi connectivity index (χ0v) is 38.6. The number of fused-ring (bicyclic) bond motifs is 4. The predicted molar refractivity (Wildman–Crippen MR) is 314 cm³/mol. The second-order valence-corrected chi connectivity index (χ2v) is 17.7. The Balaban J connectivity index is 1.42. The summed E-state index contributed by atoms with van der Waals surface area (Å²) in [7, 11) is 40.7. The minimum Gasteiger partial charge on any atom is -0.457 e. The normalized spacial score (nSPS) is 11.6. The van der Waals surface area contributed by atoms with Crippen molar-refractivity contribution in [2.45, 2.75) is 0 Å². The maximum atomic E-state index is 6.89. The first kappa shape index (κ1) is 41.3. The van der Waals surface area contributed by atoms with E-state index in [2.05, 4.69) is 165 Å². The minimum absolute atomic E-state index is 0.663. The molecule has 0 radical (unpaired) electrons. The Morgan fingerprint density at radius 2 is 0.593 bits per heavy atom. The molecule has 4 nitrogen and oxygen atoms in total. The van der Waals surface area contributed by atoms with Crippen molar-refractivity contribution in [3.63, 3.8) is 0 Å². The summed E-state index contributed by atoms with van der Waals surface area (Å²) in [5, 5.41) is 5.22. The number of rotatable bonds is 4. The Bertz CT molecular complexity index is 3180. The molecule has 0 aliphatic heterocycles. The fourth-order valence-electron chi connectivity index (χ4n) is 10.4. The third-order valence-electron chi connectivity index (χ3n) is 15.1. The van der Waals surface area contributed by atoms with E-state index >= 15 is 0 Å². The lowest BCUT2D eigenvalue weighted by Gasteiger charge is -2.28. The molecule has 2 heterocycles. The summed E-state index contributed by atoms with van der Waals surface area (Å²) < 4.78 is 6.89. The van der Waals surface area contributed by atoms with E-state index in [0.717, 1.165) is 38.8 Å². The smallest absolute Gasteiger partial charge is 0.164 e. The van der Waals surface area contributed by atoms with E-state index in [0.29, 0.717) is 17.5 Å². The SMILES string of the molecule is Bc1c(B)c(-c2c(B)c(B)c3c(B)c(B)c(B)c(B)c3c2B)c(B)c(B)c1-c1nc(-c2ccccc2)nc(-c2c(B)c(B)c3c(oc4c(B)c(B)c(B)c(B)c43)c2B)n1. The van der Waals surface area contributed by atoms with E-state index in [1.165, 1.54) is 120 Å². The third kappa shape index (κ3) is 5.88. The van der Waals surface area contributed by atoms with Gasteiger partial charge in [-0.1, -0.05) is 107 Å². The van der Waals surface area contributed by atoms with Crippen molar-refractivity contribution >= 4 is 272 Å². The Kier molecular flexibility index (Phi) is 10.2. The topological polar surface area (TPSA) is 51.8 Å². The average molecular weight is 738 g/mol. The van der Waals surface area contributed by atoms with Crippen LogP contribution in [-0.2, 0) is 0 Å². The van der Waals surface area contributed by atoms with Crippen LogP contribution in [0.1, 0.15) is 0 Å². The molecule has 0 aliphatic rings. The maximum absolute atomic E-state index is 6.89. The van der Waals surface area contributed by atoms with Gasteiger partial charge in [0.05, 0.1) is 0 Å². The molecule has 8 aromatic rings. The first-order valence-electron chi connectivity index (χ1n) is 21.2. The highest BCUT2D eigenvalue weighted by molar-refractivity contribution is 6.74. The second kappa shape index (κ2) is 14.6. The van der Waals surface area contributed by atoms with E-state index < -0.39 is 0 Å². The van der Waals surface area contributed by atoms with Gasteiger partial charge in [0.1, 0.15) is 152 Å². The van der Waals surface area contributed by atoms with E-state index in [1.807, 2.05) is 6.07 Å². The molecule has 0 unspecified atom stereocenters. The van der Waals surface area contributed by atoms with Gasteiger partial charge >= 0.3 is 0 Å². The molecule has 0 atom stereocenters. The zero-order valence-electron chi connectivity index (χ0n) is 38.6. The van der Waals surface area contributed by atoms with Crippen LogP contribution in [0.4, 0.5) is 0 Å². The first-order chi connectivity index (χ1) is 27.8. The van der Waals surface area contributed by atoms with Crippen LogP contribution in [0.15, 0.2) is 34.7 Å². The van der Waals surface area contributed by atoms with E-state index in [-0.39, 0.29) is 0 Å². The Morgan fingerprint density at radius 1 is 0.271 bits per heavy atom. The largest absolute Gasteiger partial charge is 0.457 e. The van der Waals surface area contributed by atoms with E-state index in [9.17, 15) is 0 Å². The zero-order chi connectivity index (χ0) is 42.8. The van der Waals surface area contributed by atoms with Gasteiger partial charge in [-0.25, -0.2) is 15.0 Å².